The normalized spacial score (nSPS) is 13.0. The van der Waals surface area contributed by atoms with E-state index in [1.165, 1.54) is 238 Å². The molecule has 0 amide bonds. The molecule has 0 aromatic heterocycles. The van der Waals surface area contributed by atoms with Crippen molar-refractivity contribution in [1.29, 1.82) is 0 Å². The highest BCUT2D eigenvalue weighted by Gasteiger charge is 2.26. The van der Waals surface area contributed by atoms with Gasteiger partial charge in [0.1, 0.15) is 6.61 Å². The molecular weight excluding hydrogens is 822 g/mol. The van der Waals surface area contributed by atoms with Gasteiger partial charge in [-0.3, -0.25) is 18.6 Å². The van der Waals surface area contributed by atoms with Crippen LogP contribution in [0.15, 0.2) is 0 Å². The highest BCUT2D eigenvalue weighted by atomic mass is 31.2. The number of carbonyl (C=O) groups is 2. The topological polar surface area (TPSA) is 134 Å². The molecule has 0 aliphatic heterocycles. The van der Waals surface area contributed by atoms with Crippen LogP contribution in [0.1, 0.15) is 303 Å². The minimum Gasteiger partial charge on any atom is -0.462 e. The van der Waals surface area contributed by atoms with Crippen molar-refractivity contribution in [2.24, 2.45) is 5.73 Å². The number of carbonyl (C=O) groups excluding carboxylic acids is 2. The average molecular weight is 930 g/mol. The average Bonchev–Trinajstić information content (AvgIpc) is 3.28. The van der Waals surface area contributed by atoms with Gasteiger partial charge in [-0.1, -0.05) is 277 Å². The maximum Gasteiger partial charge on any atom is 0.472 e. The first-order chi connectivity index (χ1) is 31.3. The Morgan fingerprint density at radius 3 is 0.953 bits per heavy atom. The van der Waals surface area contributed by atoms with Crippen LogP contribution in [-0.2, 0) is 32.7 Å². The van der Waals surface area contributed by atoms with Gasteiger partial charge in [-0.15, -0.1) is 0 Å². The van der Waals surface area contributed by atoms with Crippen LogP contribution in [0.2, 0.25) is 0 Å². The van der Waals surface area contributed by atoms with Gasteiger partial charge < -0.3 is 20.1 Å². The minimum atomic E-state index is -4.38. The van der Waals surface area contributed by atoms with E-state index < -0.39 is 26.5 Å². The van der Waals surface area contributed by atoms with Crippen molar-refractivity contribution in [1.82, 2.24) is 0 Å². The summed E-state index contributed by atoms with van der Waals surface area (Å²) in [5, 5.41) is 0. The number of hydrogen-bond donors (Lipinski definition) is 2. The number of hydrogen-bond acceptors (Lipinski definition) is 8. The predicted octanol–water partition coefficient (Wildman–Crippen LogP) is 17.1. The standard InChI is InChI=1S/C54H108NO8P/c1-3-5-7-9-11-13-15-17-19-21-22-23-24-25-26-27-28-29-31-33-35-37-39-41-43-45-47-54(57)63-52(51-62-64(58,59)61-49-48-55)50-60-53(56)46-44-42-40-38-36-34-32-30-20-18-16-14-12-10-8-6-4-2/h52H,3-51,55H2,1-2H3,(H,58,59). The molecule has 2 atom stereocenters. The Balaban J connectivity index is 3.90. The van der Waals surface area contributed by atoms with Crippen LogP contribution in [0.3, 0.4) is 0 Å². The van der Waals surface area contributed by atoms with Gasteiger partial charge in [-0.05, 0) is 12.8 Å². The zero-order valence-corrected chi connectivity index (χ0v) is 43.4. The lowest BCUT2D eigenvalue weighted by Crippen LogP contribution is -2.29. The van der Waals surface area contributed by atoms with E-state index in [1.54, 1.807) is 0 Å². The van der Waals surface area contributed by atoms with Gasteiger partial charge in [0.2, 0.25) is 0 Å². The van der Waals surface area contributed by atoms with E-state index in [2.05, 4.69) is 13.8 Å². The second-order valence-corrected chi connectivity index (χ2v) is 20.6. The smallest absolute Gasteiger partial charge is 0.462 e. The van der Waals surface area contributed by atoms with E-state index in [-0.39, 0.29) is 38.6 Å². The molecule has 9 nitrogen and oxygen atoms in total. The zero-order valence-electron chi connectivity index (χ0n) is 42.6. The third kappa shape index (κ3) is 50.4. The monoisotopic (exact) mass is 930 g/mol. The van der Waals surface area contributed by atoms with E-state index >= 15 is 0 Å². The summed E-state index contributed by atoms with van der Waals surface area (Å²) in [6, 6.07) is 0. The van der Waals surface area contributed by atoms with Crippen LogP contribution in [0.5, 0.6) is 0 Å². The van der Waals surface area contributed by atoms with Crippen LogP contribution in [-0.4, -0.2) is 49.3 Å². The molecule has 64 heavy (non-hydrogen) atoms. The molecule has 10 heteroatoms. The van der Waals surface area contributed by atoms with Gasteiger partial charge in [-0.2, -0.15) is 0 Å². The van der Waals surface area contributed by atoms with Crippen LogP contribution in [0.25, 0.3) is 0 Å². The van der Waals surface area contributed by atoms with Crippen molar-refractivity contribution in [2.45, 2.75) is 309 Å². The summed E-state index contributed by atoms with van der Waals surface area (Å²) in [7, 11) is -4.38. The molecule has 0 fully saturated rings. The number of unbranched alkanes of at least 4 members (excludes halogenated alkanes) is 41. The van der Waals surface area contributed by atoms with Gasteiger partial charge in [0.05, 0.1) is 13.2 Å². The van der Waals surface area contributed by atoms with Gasteiger partial charge in [-0.25, -0.2) is 4.57 Å². The Bertz CT molecular complexity index is 1020. The predicted molar refractivity (Wildman–Crippen MR) is 271 cm³/mol. The van der Waals surface area contributed by atoms with E-state index in [4.69, 9.17) is 24.3 Å². The van der Waals surface area contributed by atoms with Crippen molar-refractivity contribution in [3.63, 3.8) is 0 Å². The van der Waals surface area contributed by atoms with Crippen molar-refractivity contribution in [3.8, 4) is 0 Å². The Morgan fingerprint density at radius 2 is 0.672 bits per heavy atom. The Morgan fingerprint density at radius 1 is 0.406 bits per heavy atom. The van der Waals surface area contributed by atoms with Gasteiger partial charge in [0, 0.05) is 19.4 Å². The number of nitrogens with two attached hydrogens (primary N) is 1. The molecule has 0 saturated heterocycles. The first kappa shape index (κ1) is 63.0. The van der Waals surface area contributed by atoms with Crippen molar-refractivity contribution in [3.05, 3.63) is 0 Å². The van der Waals surface area contributed by atoms with Crippen LogP contribution < -0.4 is 5.73 Å². The second-order valence-electron chi connectivity index (χ2n) is 19.2. The molecule has 0 radical (unpaired) electrons. The third-order valence-corrected chi connectivity index (χ3v) is 13.7. The summed E-state index contributed by atoms with van der Waals surface area (Å²) in [5.74, 6) is -0.804. The van der Waals surface area contributed by atoms with Gasteiger partial charge >= 0.3 is 19.8 Å². The van der Waals surface area contributed by atoms with Crippen molar-refractivity contribution in [2.75, 3.05) is 26.4 Å². The SMILES string of the molecule is CCCCCCCCCCCCCCCCCCCCCCCCCCCCC(=O)OC(COC(=O)CCCCCCCCCCCCCCCCCCC)COP(=O)(O)OCCN. The lowest BCUT2D eigenvalue weighted by Gasteiger charge is -2.19. The number of esters is 2. The fourth-order valence-electron chi connectivity index (χ4n) is 8.58. The highest BCUT2D eigenvalue weighted by molar-refractivity contribution is 7.47. The van der Waals surface area contributed by atoms with Gasteiger partial charge in [0.25, 0.3) is 0 Å². The van der Waals surface area contributed by atoms with E-state index in [0.717, 1.165) is 32.1 Å². The molecule has 2 unspecified atom stereocenters. The molecular formula is C54H108NO8P. The summed E-state index contributed by atoms with van der Waals surface area (Å²) in [4.78, 5) is 35.1. The Kier molecular flexibility index (Phi) is 50.6. The second kappa shape index (κ2) is 51.4. The number of phosphoric ester groups is 1. The lowest BCUT2D eigenvalue weighted by molar-refractivity contribution is -0.161. The largest absolute Gasteiger partial charge is 0.472 e. The van der Waals surface area contributed by atoms with E-state index in [9.17, 15) is 19.0 Å². The molecule has 0 aliphatic rings. The molecule has 0 heterocycles. The fourth-order valence-corrected chi connectivity index (χ4v) is 9.35. The third-order valence-electron chi connectivity index (χ3n) is 12.7. The highest BCUT2D eigenvalue weighted by Crippen LogP contribution is 2.43. The van der Waals surface area contributed by atoms with Crippen LogP contribution in [0.4, 0.5) is 0 Å². The molecule has 0 aliphatic carbocycles. The zero-order chi connectivity index (χ0) is 46.7. The number of phosphoric acid groups is 1. The summed E-state index contributed by atoms with van der Waals surface area (Å²) in [6.07, 6.45) is 55.9. The Hall–Kier alpha value is -0.990. The Labute approximate surface area is 397 Å². The quantitative estimate of drug-likeness (QED) is 0.0347. The molecule has 3 N–H and O–H groups in total. The molecule has 0 bridgehead atoms. The molecule has 0 rings (SSSR count). The van der Waals surface area contributed by atoms with E-state index in [1.807, 2.05) is 0 Å². The molecule has 0 saturated carbocycles. The van der Waals surface area contributed by atoms with Crippen LogP contribution >= 0.6 is 7.82 Å². The van der Waals surface area contributed by atoms with Crippen molar-refractivity contribution < 1.29 is 37.6 Å². The maximum absolute atomic E-state index is 12.7. The van der Waals surface area contributed by atoms with Crippen molar-refractivity contribution >= 4 is 19.8 Å². The van der Waals surface area contributed by atoms with Gasteiger partial charge in [0.15, 0.2) is 6.10 Å². The molecule has 0 spiro atoms. The van der Waals surface area contributed by atoms with E-state index in [0.29, 0.717) is 6.42 Å². The maximum atomic E-state index is 12.7. The lowest BCUT2D eigenvalue weighted by atomic mass is 10.0. The molecule has 0 aromatic carbocycles. The summed E-state index contributed by atoms with van der Waals surface area (Å²) >= 11 is 0. The molecule has 0 aromatic rings. The number of rotatable bonds is 54. The molecule has 382 valence electrons. The summed E-state index contributed by atoms with van der Waals surface area (Å²) in [6.45, 7) is 3.82. The summed E-state index contributed by atoms with van der Waals surface area (Å²) in [5.41, 5.74) is 5.38. The fraction of sp³-hybridized carbons (Fsp3) is 0.963. The van der Waals surface area contributed by atoms with Crippen LogP contribution in [0, 0.1) is 0 Å². The summed E-state index contributed by atoms with van der Waals surface area (Å²) < 4.78 is 33.0. The first-order valence-electron chi connectivity index (χ1n) is 28.0. The number of ether oxygens (including phenoxy) is 2. The minimum absolute atomic E-state index is 0.0585. The first-order valence-corrected chi connectivity index (χ1v) is 29.5.